The number of benzene rings is 2. The fourth-order valence-electron chi connectivity index (χ4n) is 2.69. The van der Waals surface area contributed by atoms with Crippen LogP contribution in [0.4, 0.5) is 0 Å². The molecule has 0 aliphatic heterocycles. The molecule has 6 nitrogen and oxygen atoms in total. The number of aromatic nitrogens is 2. The second kappa shape index (κ2) is 9.90. The highest BCUT2D eigenvalue weighted by Gasteiger charge is 2.10. The number of nitrogens with one attached hydrogen (secondary N) is 2. The molecule has 3 rings (SSSR count). The molecule has 7 heteroatoms. The summed E-state index contributed by atoms with van der Waals surface area (Å²) < 4.78 is 5.34. The summed E-state index contributed by atoms with van der Waals surface area (Å²) in [5, 5.41) is 11.4. The number of guanidine groups is 1. The summed E-state index contributed by atoms with van der Waals surface area (Å²) in [5.41, 5.74) is 2.08. The molecule has 2 N–H and O–H groups in total. The molecular weight excluding hydrogens is 374 g/mol. The average molecular weight is 398 g/mol. The predicted molar refractivity (Wildman–Crippen MR) is 112 cm³/mol. The summed E-state index contributed by atoms with van der Waals surface area (Å²) in [7, 11) is 0. The third kappa shape index (κ3) is 5.57. The number of nitrogens with zero attached hydrogens (tertiary/aromatic N) is 3. The first-order chi connectivity index (χ1) is 13.7. The molecule has 3 aromatic rings. The summed E-state index contributed by atoms with van der Waals surface area (Å²) in [5.74, 6) is 1.87. The average Bonchev–Trinajstić information content (AvgIpc) is 3.18. The molecule has 146 valence electrons. The molecule has 0 radical (unpaired) electrons. The summed E-state index contributed by atoms with van der Waals surface area (Å²) in [6.45, 7) is 5.48. The monoisotopic (exact) mass is 397 g/mol. The van der Waals surface area contributed by atoms with Crippen LogP contribution in [0.25, 0.3) is 11.4 Å². The Hall–Kier alpha value is -2.86. The van der Waals surface area contributed by atoms with E-state index in [2.05, 4.69) is 44.8 Å². The van der Waals surface area contributed by atoms with Crippen molar-refractivity contribution in [2.45, 2.75) is 26.3 Å². The lowest BCUT2D eigenvalue weighted by molar-refractivity contribution is 0.380. The molecular formula is C21H24ClN5O. The molecule has 0 saturated carbocycles. The van der Waals surface area contributed by atoms with Gasteiger partial charge in [0.1, 0.15) is 0 Å². The Balaban J connectivity index is 1.58. The number of hydrogen-bond donors (Lipinski definition) is 2. The SMILES string of the molecule is CCNC(=NCCc1nc(-c2ccc(Cl)cc2)no1)NC(C)c1ccccc1. The molecule has 1 heterocycles. The van der Waals surface area contributed by atoms with Gasteiger partial charge in [-0.25, -0.2) is 0 Å². The fraction of sp³-hybridized carbons (Fsp3) is 0.286. The van der Waals surface area contributed by atoms with Crippen LogP contribution < -0.4 is 10.6 Å². The van der Waals surface area contributed by atoms with E-state index in [1.54, 1.807) is 12.1 Å². The van der Waals surface area contributed by atoms with Gasteiger partial charge in [-0.3, -0.25) is 4.99 Å². The zero-order valence-corrected chi connectivity index (χ0v) is 16.8. The summed E-state index contributed by atoms with van der Waals surface area (Å²) in [6.07, 6.45) is 0.566. The van der Waals surface area contributed by atoms with Gasteiger partial charge in [0, 0.05) is 23.6 Å². The van der Waals surface area contributed by atoms with E-state index in [1.807, 2.05) is 37.3 Å². The van der Waals surface area contributed by atoms with Crippen molar-refractivity contribution in [3.8, 4) is 11.4 Å². The van der Waals surface area contributed by atoms with Gasteiger partial charge in [-0.2, -0.15) is 4.98 Å². The third-order valence-electron chi connectivity index (χ3n) is 4.16. The minimum Gasteiger partial charge on any atom is -0.357 e. The molecule has 0 spiro atoms. The first kappa shape index (κ1) is 19.9. The second-order valence-electron chi connectivity index (χ2n) is 6.31. The molecule has 0 aliphatic rings. The molecule has 1 atom stereocenters. The van der Waals surface area contributed by atoms with Crippen molar-refractivity contribution in [1.82, 2.24) is 20.8 Å². The maximum Gasteiger partial charge on any atom is 0.228 e. The van der Waals surface area contributed by atoms with Crippen molar-refractivity contribution >= 4 is 17.6 Å². The van der Waals surface area contributed by atoms with Gasteiger partial charge in [0.25, 0.3) is 0 Å². The van der Waals surface area contributed by atoms with Crippen LogP contribution in [0.5, 0.6) is 0 Å². The zero-order valence-electron chi connectivity index (χ0n) is 16.0. The zero-order chi connectivity index (χ0) is 19.8. The summed E-state index contributed by atoms with van der Waals surface area (Å²) in [4.78, 5) is 9.05. The van der Waals surface area contributed by atoms with Gasteiger partial charge < -0.3 is 15.2 Å². The highest BCUT2D eigenvalue weighted by Crippen LogP contribution is 2.18. The van der Waals surface area contributed by atoms with Crippen LogP contribution in [0.3, 0.4) is 0 Å². The van der Waals surface area contributed by atoms with E-state index >= 15 is 0 Å². The number of hydrogen-bond acceptors (Lipinski definition) is 4. The van der Waals surface area contributed by atoms with Crippen molar-refractivity contribution in [2.24, 2.45) is 4.99 Å². The third-order valence-corrected chi connectivity index (χ3v) is 4.42. The van der Waals surface area contributed by atoms with E-state index in [1.165, 1.54) is 5.56 Å². The highest BCUT2D eigenvalue weighted by molar-refractivity contribution is 6.30. The molecule has 0 amide bonds. The van der Waals surface area contributed by atoms with E-state index in [0.29, 0.717) is 29.7 Å². The topological polar surface area (TPSA) is 75.3 Å². The minimum absolute atomic E-state index is 0.152. The van der Waals surface area contributed by atoms with Crippen LogP contribution in [-0.2, 0) is 6.42 Å². The second-order valence-corrected chi connectivity index (χ2v) is 6.74. The molecule has 0 fully saturated rings. The normalized spacial score (nSPS) is 12.6. The lowest BCUT2D eigenvalue weighted by atomic mass is 10.1. The Morgan fingerprint density at radius 1 is 1.14 bits per heavy atom. The minimum atomic E-state index is 0.152. The number of rotatable bonds is 7. The summed E-state index contributed by atoms with van der Waals surface area (Å²) in [6, 6.07) is 17.8. The van der Waals surface area contributed by atoms with Crippen LogP contribution in [0.2, 0.25) is 5.02 Å². The van der Waals surface area contributed by atoms with Crippen molar-refractivity contribution in [1.29, 1.82) is 0 Å². The van der Waals surface area contributed by atoms with Crippen LogP contribution in [0.15, 0.2) is 64.1 Å². The predicted octanol–water partition coefficient (Wildman–Crippen LogP) is 4.25. The van der Waals surface area contributed by atoms with Crippen molar-refractivity contribution in [2.75, 3.05) is 13.1 Å². The lowest BCUT2D eigenvalue weighted by Crippen LogP contribution is -2.38. The Bertz CT molecular complexity index is 893. The van der Waals surface area contributed by atoms with Gasteiger partial charge in [-0.05, 0) is 43.7 Å². The number of halogens is 1. The Morgan fingerprint density at radius 3 is 2.61 bits per heavy atom. The molecule has 1 aromatic heterocycles. The van der Waals surface area contributed by atoms with Gasteiger partial charge in [0.15, 0.2) is 5.96 Å². The maximum atomic E-state index is 5.91. The maximum absolute atomic E-state index is 5.91. The first-order valence-corrected chi connectivity index (χ1v) is 9.72. The van der Waals surface area contributed by atoms with E-state index in [0.717, 1.165) is 18.1 Å². The molecule has 28 heavy (non-hydrogen) atoms. The summed E-state index contributed by atoms with van der Waals surface area (Å²) >= 11 is 5.91. The van der Waals surface area contributed by atoms with E-state index in [-0.39, 0.29) is 6.04 Å². The van der Waals surface area contributed by atoms with Gasteiger partial charge in [-0.1, -0.05) is 47.1 Å². The van der Waals surface area contributed by atoms with Gasteiger partial charge >= 0.3 is 0 Å². The number of aliphatic imine (C=N–C) groups is 1. The van der Waals surface area contributed by atoms with E-state index in [9.17, 15) is 0 Å². The fourth-order valence-corrected chi connectivity index (χ4v) is 2.81. The Morgan fingerprint density at radius 2 is 1.89 bits per heavy atom. The van der Waals surface area contributed by atoms with Crippen LogP contribution in [0.1, 0.15) is 31.3 Å². The van der Waals surface area contributed by atoms with Crippen LogP contribution in [-0.4, -0.2) is 29.2 Å². The smallest absolute Gasteiger partial charge is 0.228 e. The first-order valence-electron chi connectivity index (χ1n) is 9.34. The van der Waals surface area contributed by atoms with Gasteiger partial charge in [0.2, 0.25) is 11.7 Å². The van der Waals surface area contributed by atoms with Crippen molar-refractivity contribution in [3.63, 3.8) is 0 Å². The largest absolute Gasteiger partial charge is 0.357 e. The van der Waals surface area contributed by atoms with Crippen LogP contribution >= 0.6 is 11.6 Å². The Kier molecular flexibility index (Phi) is 7.03. The van der Waals surface area contributed by atoms with Gasteiger partial charge in [0.05, 0.1) is 12.6 Å². The molecule has 2 aromatic carbocycles. The van der Waals surface area contributed by atoms with Gasteiger partial charge in [-0.15, -0.1) is 0 Å². The standard InChI is InChI=1S/C21H24ClN5O/c1-3-23-21(25-15(2)16-7-5-4-6-8-16)24-14-13-19-26-20(27-28-19)17-9-11-18(22)12-10-17/h4-12,15H,3,13-14H2,1-2H3,(H2,23,24,25). The van der Waals surface area contributed by atoms with Crippen LogP contribution in [0, 0.1) is 0 Å². The molecule has 0 bridgehead atoms. The van der Waals surface area contributed by atoms with Crippen molar-refractivity contribution < 1.29 is 4.52 Å². The van der Waals surface area contributed by atoms with Crippen molar-refractivity contribution in [3.05, 3.63) is 71.1 Å². The molecule has 0 saturated heterocycles. The van der Waals surface area contributed by atoms with E-state index in [4.69, 9.17) is 16.1 Å². The highest BCUT2D eigenvalue weighted by atomic mass is 35.5. The Labute approximate surface area is 170 Å². The molecule has 0 aliphatic carbocycles. The van der Waals surface area contributed by atoms with E-state index < -0.39 is 0 Å². The lowest BCUT2D eigenvalue weighted by Gasteiger charge is -2.18. The quantitative estimate of drug-likeness (QED) is 0.460. The molecule has 1 unspecified atom stereocenters.